The number of para-hydroxylation sites is 1. The molecule has 1 aromatic carbocycles. The van der Waals surface area contributed by atoms with Crippen molar-refractivity contribution in [2.24, 2.45) is 0 Å². The van der Waals surface area contributed by atoms with Gasteiger partial charge >= 0.3 is 0 Å². The summed E-state index contributed by atoms with van der Waals surface area (Å²) in [5.74, 6) is 1.07. The molecule has 0 aliphatic carbocycles. The molecule has 2 aromatic rings. The van der Waals surface area contributed by atoms with Gasteiger partial charge in [0, 0.05) is 24.0 Å². The number of aromatic nitrogens is 1. The Labute approximate surface area is 127 Å². The standard InChI is InChI=1S/C18H25N3/c1-2-10-19-18-16(14-21-11-6-3-7-12-21)13-15-8-4-5-9-17(15)20-18/h4-5,8-9,13H,2-3,6-7,10-12,14H2,1H3,(H,19,20). The van der Waals surface area contributed by atoms with Crippen LogP contribution in [-0.2, 0) is 6.54 Å². The van der Waals surface area contributed by atoms with Crippen LogP contribution in [0.4, 0.5) is 5.82 Å². The van der Waals surface area contributed by atoms with E-state index in [1.165, 1.54) is 43.3 Å². The lowest BCUT2D eigenvalue weighted by atomic mass is 10.1. The summed E-state index contributed by atoms with van der Waals surface area (Å²) in [6.45, 7) is 6.64. The van der Waals surface area contributed by atoms with Gasteiger partial charge in [-0.15, -0.1) is 0 Å². The highest BCUT2D eigenvalue weighted by Crippen LogP contribution is 2.23. The second-order valence-corrected chi connectivity index (χ2v) is 5.95. The summed E-state index contributed by atoms with van der Waals surface area (Å²) in [5.41, 5.74) is 2.42. The molecule has 112 valence electrons. The third-order valence-electron chi connectivity index (χ3n) is 4.19. The van der Waals surface area contributed by atoms with Crippen LogP contribution in [0, 0.1) is 0 Å². The number of rotatable bonds is 5. The molecular weight excluding hydrogens is 258 g/mol. The maximum atomic E-state index is 4.84. The second kappa shape index (κ2) is 6.90. The van der Waals surface area contributed by atoms with Crippen molar-refractivity contribution < 1.29 is 0 Å². The molecule has 0 spiro atoms. The number of hydrogen-bond acceptors (Lipinski definition) is 3. The molecule has 1 aromatic heterocycles. The lowest BCUT2D eigenvalue weighted by molar-refractivity contribution is 0.221. The van der Waals surface area contributed by atoms with Gasteiger partial charge < -0.3 is 5.32 Å². The van der Waals surface area contributed by atoms with E-state index in [0.29, 0.717) is 0 Å². The topological polar surface area (TPSA) is 28.2 Å². The van der Waals surface area contributed by atoms with Crippen LogP contribution in [0.25, 0.3) is 10.9 Å². The molecule has 1 N–H and O–H groups in total. The Morgan fingerprint density at radius 3 is 2.76 bits per heavy atom. The highest BCUT2D eigenvalue weighted by molar-refractivity contribution is 5.81. The van der Waals surface area contributed by atoms with Gasteiger partial charge in [0.2, 0.25) is 0 Å². The lowest BCUT2D eigenvalue weighted by Crippen LogP contribution is -2.29. The van der Waals surface area contributed by atoms with Crippen molar-refractivity contribution in [1.29, 1.82) is 0 Å². The Bertz CT molecular complexity index is 588. The maximum Gasteiger partial charge on any atom is 0.131 e. The number of likely N-dealkylation sites (tertiary alicyclic amines) is 1. The van der Waals surface area contributed by atoms with Crippen LogP contribution in [0.5, 0.6) is 0 Å². The van der Waals surface area contributed by atoms with Gasteiger partial charge in [0.1, 0.15) is 5.82 Å². The van der Waals surface area contributed by atoms with E-state index in [0.717, 1.165) is 30.8 Å². The molecule has 1 saturated heterocycles. The predicted molar refractivity (Wildman–Crippen MR) is 89.7 cm³/mol. The first kappa shape index (κ1) is 14.3. The Morgan fingerprint density at radius 1 is 1.14 bits per heavy atom. The Balaban J connectivity index is 1.88. The number of pyridine rings is 1. The maximum absolute atomic E-state index is 4.84. The highest BCUT2D eigenvalue weighted by atomic mass is 15.1. The largest absolute Gasteiger partial charge is 0.370 e. The van der Waals surface area contributed by atoms with Crippen LogP contribution in [0.2, 0.25) is 0 Å². The number of fused-ring (bicyclic) bond motifs is 1. The fraction of sp³-hybridized carbons (Fsp3) is 0.500. The Morgan fingerprint density at radius 2 is 1.95 bits per heavy atom. The average Bonchev–Trinajstić information content (AvgIpc) is 2.54. The van der Waals surface area contributed by atoms with E-state index in [9.17, 15) is 0 Å². The molecule has 0 atom stereocenters. The molecule has 1 aliphatic rings. The van der Waals surface area contributed by atoms with Gasteiger partial charge in [-0.25, -0.2) is 4.98 Å². The van der Waals surface area contributed by atoms with Crippen LogP contribution in [0.15, 0.2) is 30.3 Å². The molecule has 3 heteroatoms. The van der Waals surface area contributed by atoms with Crippen LogP contribution in [0.3, 0.4) is 0 Å². The average molecular weight is 283 g/mol. The number of benzene rings is 1. The van der Waals surface area contributed by atoms with Gasteiger partial charge in [-0.2, -0.15) is 0 Å². The summed E-state index contributed by atoms with van der Waals surface area (Å²) in [5, 5.41) is 4.75. The van der Waals surface area contributed by atoms with E-state index in [1.54, 1.807) is 0 Å². The molecule has 3 nitrogen and oxygen atoms in total. The van der Waals surface area contributed by atoms with Gasteiger partial charge in [-0.3, -0.25) is 4.90 Å². The van der Waals surface area contributed by atoms with E-state index >= 15 is 0 Å². The van der Waals surface area contributed by atoms with Crippen LogP contribution in [0.1, 0.15) is 38.2 Å². The third kappa shape index (κ3) is 3.53. The van der Waals surface area contributed by atoms with E-state index in [1.807, 2.05) is 0 Å². The molecule has 0 saturated carbocycles. The summed E-state index contributed by atoms with van der Waals surface area (Å²) in [6, 6.07) is 10.7. The number of nitrogens with one attached hydrogen (secondary N) is 1. The third-order valence-corrected chi connectivity index (χ3v) is 4.19. The van der Waals surface area contributed by atoms with E-state index < -0.39 is 0 Å². The number of piperidine rings is 1. The molecule has 1 aliphatic heterocycles. The van der Waals surface area contributed by atoms with Crippen molar-refractivity contribution in [2.75, 3.05) is 25.0 Å². The second-order valence-electron chi connectivity index (χ2n) is 5.95. The van der Waals surface area contributed by atoms with E-state index in [4.69, 9.17) is 4.98 Å². The summed E-state index contributed by atoms with van der Waals surface area (Å²) >= 11 is 0. The first-order valence-corrected chi connectivity index (χ1v) is 8.21. The lowest BCUT2D eigenvalue weighted by Gasteiger charge is -2.27. The van der Waals surface area contributed by atoms with Crippen molar-refractivity contribution in [3.8, 4) is 0 Å². The zero-order valence-corrected chi connectivity index (χ0v) is 12.9. The first-order chi connectivity index (χ1) is 10.4. The first-order valence-electron chi connectivity index (χ1n) is 8.21. The minimum atomic E-state index is 0.984. The van der Waals surface area contributed by atoms with E-state index in [-0.39, 0.29) is 0 Å². The van der Waals surface area contributed by atoms with Crippen molar-refractivity contribution in [3.05, 3.63) is 35.9 Å². The monoisotopic (exact) mass is 283 g/mol. The summed E-state index contributed by atoms with van der Waals surface area (Å²) < 4.78 is 0. The number of anilines is 1. The highest BCUT2D eigenvalue weighted by Gasteiger charge is 2.14. The minimum absolute atomic E-state index is 0.984. The molecule has 2 heterocycles. The van der Waals surface area contributed by atoms with Crippen molar-refractivity contribution in [1.82, 2.24) is 9.88 Å². The fourth-order valence-electron chi connectivity index (χ4n) is 3.04. The van der Waals surface area contributed by atoms with Crippen LogP contribution < -0.4 is 5.32 Å². The molecule has 0 amide bonds. The number of hydrogen-bond donors (Lipinski definition) is 1. The van der Waals surface area contributed by atoms with Gasteiger partial charge in [0.05, 0.1) is 5.52 Å². The summed E-state index contributed by atoms with van der Waals surface area (Å²) in [6.07, 6.45) is 5.17. The molecular formula is C18H25N3. The van der Waals surface area contributed by atoms with Gasteiger partial charge in [0.25, 0.3) is 0 Å². The van der Waals surface area contributed by atoms with Gasteiger partial charge in [-0.1, -0.05) is 31.5 Å². The molecule has 0 radical (unpaired) electrons. The predicted octanol–water partition coefficient (Wildman–Crippen LogP) is 4.04. The van der Waals surface area contributed by atoms with Crippen molar-refractivity contribution in [3.63, 3.8) is 0 Å². The zero-order valence-electron chi connectivity index (χ0n) is 12.9. The van der Waals surface area contributed by atoms with Gasteiger partial charge in [-0.05, 0) is 44.5 Å². The van der Waals surface area contributed by atoms with Gasteiger partial charge in [0.15, 0.2) is 0 Å². The Kier molecular flexibility index (Phi) is 4.71. The number of nitrogens with zero attached hydrogens (tertiary/aromatic N) is 2. The summed E-state index contributed by atoms with van der Waals surface area (Å²) in [4.78, 5) is 7.40. The Hall–Kier alpha value is -1.61. The van der Waals surface area contributed by atoms with Crippen LogP contribution >= 0.6 is 0 Å². The smallest absolute Gasteiger partial charge is 0.131 e. The SMILES string of the molecule is CCCNc1nc2ccccc2cc1CN1CCCCC1. The van der Waals surface area contributed by atoms with Crippen molar-refractivity contribution in [2.45, 2.75) is 39.2 Å². The van der Waals surface area contributed by atoms with Crippen molar-refractivity contribution >= 4 is 16.7 Å². The van der Waals surface area contributed by atoms with Crippen LogP contribution in [-0.4, -0.2) is 29.5 Å². The molecule has 21 heavy (non-hydrogen) atoms. The zero-order chi connectivity index (χ0) is 14.5. The molecule has 3 rings (SSSR count). The normalized spacial score (nSPS) is 16.2. The minimum Gasteiger partial charge on any atom is -0.370 e. The molecule has 0 bridgehead atoms. The van der Waals surface area contributed by atoms with E-state index in [2.05, 4.69) is 47.5 Å². The summed E-state index contributed by atoms with van der Waals surface area (Å²) in [7, 11) is 0. The molecule has 1 fully saturated rings. The molecule has 0 unspecified atom stereocenters. The fourth-order valence-corrected chi connectivity index (χ4v) is 3.04. The quantitative estimate of drug-likeness (QED) is 0.897.